The maximum absolute atomic E-state index is 12.7. The Morgan fingerprint density at radius 3 is 2.43 bits per heavy atom. The number of aryl methyl sites for hydroxylation is 1. The number of carbonyl (C=O) groups excluding carboxylic acids is 1. The second-order valence-electron chi connectivity index (χ2n) is 6.73. The Morgan fingerprint density at radius 1 is 0.933 bits per heavy atom. The van der Waals surface area contributed by atoms with Crippen molar-refractivity contribution in [2.75, 3.05) is 5.32 Å². The smallest absolute Gasteiger partial charge is 0.256 e. The standard InChI is InChI=1S/C22H17N7O/c1-15-12-19(26-22(30)16-8-4-2-5-9-16)29(27-15)21-18-13-25-28(20(18)23-14-24-21)17-10-6-3-7-11-17/h2-14H,1H3,(H,26,30). The molecular weight excluding hydrogens is 378 g/mol. The highest BCUT2D eigenvalue weighted by Gasteiger charge is 2.18. The molecule has 30 heavy (non-hydrogen) atoms. The minimum Gasteiger partial charge on any atom is -0.306 e. The molecule has 146 valence electrons. The number of hydrogen-bond donors (Lipinski definition) is 1. The van der Waals surface area contributed by atoms with Gasteiger partial charge in [-0.1, -0.05) is 36.4 Å². The lowest BCUT2D eigenvalue weighted by Gasteiger charge is -2.09. The minimum atomic E-state index is -0.220. The van der Waals surface area contributed by atoms with Crippen molar-refractivity contribution >= 4 is 22.8 Å². The highest BCUT2D eigenvalue weighted by molar-refractivity contribution is 6.04. The summed E-state index contributed by atoms with van der Waals surface area (Å²) in [6.45, 7) is 1.86. The van der Waals surface area contributed by atoms with Gasteiger partial charge in [0.05, 0.1) is 23.0 Å². The van der Waals surface area contributed by atoms with Crippen LogP contribution < -0.4 is 5.32 Å². The summed E-state index contributed by atoms with van der Waals surface area (Å²) >= 11 is 0. The Morgan fingerprint density at radius 2 is 1.67 bits per heavy atom. The van der Waals surface area contributed by atoms with Crippen molar-refractivity contribution in [1.29, 1.82) is 0 Å². The van der Waals surface area contributed by atoms with Gasteiger partial charge in [0.15, 0.2) is 11.5 Å². The first kappa shape index (κ1) is 17.7. The van der Waals surface area contributed by atoms with Crippen molar-refractivity contribution in [1.82, 2.24) is 29.5 Å². The van der Waals surface area contributed by atoms with Crippen LogP contribution in [0.25, 0.3) is 22.5 Å². The molecule has 0 aliphatic carbocycles. The molecule has 8 heteroatoms. The number of rotatable bonds is 4. The van der Waals surface area contributed by atoms with Crippen LogP contribution in [-0.4, -0.2) is 35.4 Å². The number of nitrogens with one attached hydrogen (secondary N) is 1. The summed E-state index contributed by atoms with van der Waals surface area (Å²) in [5, 5.41) is 12.7. The predicted octanol–water partition coefficient (Wildman–Crippen LogP) is 3.56. The summed E-state index contributed by atoms with van der Waals surface area (Å²) in [5.41, 5.74) is 2.86. The third kappa shape index (κ3) is 3.10. The van der Waals surface area contributed by atoms with Crippen LogP contribution in [-0.2, 0) is 0 Å². The molecule has 3 aromatic heterocycles. The molecular formula is C22H17N7O. The number of anilines is 1. The van der Waals surface area contributed by atoms with Gasteiger partial charge in [0, 0.05) is 11.6 Å². The number of para-hydroxylation sites is 1. The molecule has 0 atom stereocenters. The van der Waals surface area contributed by atoms with Crippen molar-refractivity contribution in [3.8, 4) is 11.5 Å². The van der Waals surface area contributed by atoms with E-state index in [1.807, 2.05) is 55.5 Å². The van der Waals surface area contributed by atoms with Gasteiger partial charge < -0.3 is 5.32 Å². The van der Waals surface area contributed by atoms with E-state index in [2.05, 4.69) is 25.5 Å². The number of amides is 1. The van der Waals surface area contributed by atoms with E-state index in [9.17, 15) is 4.79 Å². The summed E-state index contributed by atoms with van der Waals surface area (Å²) in [6.07, 6.45) is 3.18. The largest absolute Gasteiger partial charge is 0.306 e. The summed E-state index contributed by atoms with van der Waals surface area (Å²) in [6, 6.07) is 20.6. The molecule has 0 aliphatic rings. The Hall–Kier alpha value is -4.33. The Kier molecular flexibility index (Phi) is 4.29. The maximum Gasteiger partial charge on any atom is 0.256 e. The molecule has 5 aromatic rings. The summed E-state index contributed by atoms with van der Waals surface area (Å²) in [4.78, 5) is 21.5. The normalized spacial score (nSPS) is 11.0. The molecule has 0 fully saturated rings. The minimum absolute atomic E-state index is 0.220. The monoisotopic (exact) mass is 395 g/mol. The SMILES string of the molecule is Cc1cc(NC(=O)c2ccccc2)n(-c2ncnc3c2cnn3-c2ccccc2)n1. The van der Waals surface area contributed by atoms with E-state index in [4.69, 9.17) is 0 Å². The number of carbonyl (C=O) groups is 1. The number of hydrogen-bond acceptors (Lipinski definition) is 5. The number of fused-ring (bicyclic) bond motifs is 1. The third-order valence-electron chi connectivity index (χ3n) is 4.66. The average Bonchev–Trinajstić information content (AvgIpc) is 3.38. The summed E-state index contributed by atoms with van der Waals surface area (Å²) in [7, 11) is 0. The molecule has 2 aromatic carbocycles. The highest BCUT2D eigenvalue weighted by atomic mass is 16.1. The Balaban J connectivity index is 1.58. The Labute approximate surface area is 171 Å². The van der Waals surface area contributed by atoms with Gasteiger partial charge in [0.1, 0.15) is 12.1 Å². The van der Waals surface area contributed by atoms with Gasteiger partial charge >= 0.3 is 0 Å². The summed E-state index contributed by atoms with van der Waals surface area (Å²) < 4.78 is 3.36. The second kappa shape index (κ2) is 7.25. The van der Waals surface area contributed by atoms with Crippen LogP contribution in [0, 0.1) is 6.92 Å². The lowest BCUT2D eigenvalue weighted by Crippen LogP contribution is -2.15. The van der Waals surface area contributed by atoms with Gasteiger partial charge in [-0.25, -0.2) is 14.6 Å². The van der Waals surface area contributed by atoms with Crippen LogP contribution >= 0.6 is 0 Å². The van der Waals surface area contributed by atoms with Gasteiger partial charge in [-0.15, -0.1) is 0 Å². The van der Waals surface area contributed by atoms with E-state index in [1.54, 1.807) is 33.8 Å². The zero-order valence-electron chi connectivity index (χ0n) is 16.1. The average molecular weight is 395 g/mol. The quantitative estimate of drug-likeness (QED) is 0.502. The molecule has 8 nitrogen and oxygen atoms in total. The topological polar surface area (TPSA) is 90.5 Å². The van der Waals surface area contributed by atoms with Gasteiger partial charge in [-0.3, -0.25) is 4.79 Å². The van der Waals surface area contributed by atoms with Crippen LogP contribution in [0.15, 0.2) is 79.3 Å². The molecule has 0 saturated carbocycles. The van der Waals surface area contributed by atoms with Crippen molar-refractivity contribution in [3.05, 3.63) is 90.5 Å². The van der Waals surface area contributed by atoms with Gasteiger partial charge in [-0.05, 0) is 31.2 Å². The van der Waals surface area contributed by atoms with Crippen LogP contribution in [0.5, 0.6) is 0 Å². The molecule has 1 amide bonds. The molecule has 1 N–H and O–H groups in total. The van der Waals surface area contributed by atoms with E-state index < -0.39 is 0 Å². The molecule has 0 saturated heterocycles. The lowest BCUT2D eigenvalue weighted by molar-refractivity contribution is 0.102. The van der Waals surface area contributed by atoms with Gasteiger partial charge in [0.25, 0.3) is 5.91 Å². The van der Waals surface area contributed by atoms with E-state index >= 15 is 0 Å². The molecule has 0 unspecified atom stereocenters. The zero-order valence-corrected chi connectivity index (χ0v) is 16.1. The van der Waals surface area contributed by atoms with Crippen molar-refractivity contribution < 1.29 is 4.79 Å². The second-order valence-corrected chi connectivity index (χ2v) is 6.73. The first-order valence-electron chi connectivity index (χ1n) is 9.38. The van der Waals surface area contributed by atoms with Crippen molar-refractivity contribution in [2.24, 2.45) is 0 Å². The zero-order chi connectivity index (χ0) is 20.5. The molecule has 0 radical (unpaired) electrons. The molecule has 0 spiro atoms. The van der Waals surface area contributed by atoms with E-state index in [0.29, 0.717) is 22.8 Å². The first-order chi connectivity index (χ1) is 14.7. The molecule has 5 rings (SSSR count). The lowest BCUT2D eigenvalue weighted by atomic mass is 10.2. The van der Waals surface area contributed by atoms with Crippen LogP contribution in [0.2, 0.25) is 0 Å². The van der Waals surface area contributed by atoms with Crippen LogP contribution in [0.3, 0.4) is 0 Å². The fourth-order valence-electron chi connectivity index (χ4n) is 3.29. The van der Waals surface area contributed by atoms with Gasteiger partial charge in [0.2, 0.25) is 0 Å². The van der Waals surface area contributed by atoms with E-state index in [-0.39, 0.29) is 5.91 Å². The number of aromatic nitrogens is 6. The van der Waals surface area contributed by atoms with E-state index in [1.165, 1.54) is 6.33 Å². The predicted molar refractivity (Wildman–Crippen MR) is 113 cm³/mol. The maximum atomic E-state index is 12.7. The Bertz CT molecular complexity index is 1340. The summed E-state index contributed by atoms with van der Waals surface area (Å²) in [5.74, 6) is 0.842. The van der Waals surface area contributed by atoms with Crippen LogP contribution in [0.4, 0.5) is 5.82 Å². The van der Waals surface area contributed by atoms with Crippen molar-refractivity contribution in [2.45, 2.75) is 6.92 Å². The van der Waals surface area contributed by atoms with Crippen LogP contribution in [0.1, 0.15) is 16.1 Å². The fourth-order valence-corrected chi connectivity index (χ4v) is 3.29. The molecule has 0 bridgehead atoms. The van der Waals surface area contributed by atoms with Gasteiger partial charge in [-0.2, -0.15) is 14.9 Å². The van der Waals surface area contributed by atoms with Crippen molar-refractivity contribution in [3.63, 3.8) is 0 Å². The number of nitrogens with zero attached hydrogens (tertiary/aromatic N) is 6. The van der Waals surface area contributed by atoms with E-state index in [0.717, 1.165) is 16.8 Å². The molecule has 0 aliphatic heterocycles. The fraction of sp³-hybridized carbons (Fsp3) is 0.0455. The highest BCUT2D eigenvalue weighted by Crippen LogP contribution is 2.24. The number of benzene rings is 2. The molecule has 3 heterocycles. The first-order valence-corrected chi connectivity index (χ1v) is 9.38. The third-order valence-corrected chi connectivity index (χ3v) is 4.66.